The summed E-state index contributed by atoms with van der Waals surface area (Å²) in [7, 11) is -3.45. The van der Waals surface area contributed by atoms with Gasteiger partial charge in [0, 0.05) is 28.1 Å². The molecule has 1 aliphatic carbocycles. The van der Waals surface area contributed by atoms with Crippen LogP contribution in [-0.2, 0) is 20.0 Å². The Labute approximate surface area is 170 Å². The summed E-state index contributed by atoms with van der Waals surface area (Å²) < 4.78 is 24.7. The van der Waals surface area contributed by atoms with E-state index in [0.717, 1.165) is 30.6 Å². The zero-order valence-corrected chi connectivity index (χ0v) is 17.7. The molecule has 1 atom stereocenters. The van der Waals surface area contributed by atoms with Crippen molar-refractivity contribution in [2.75, 3.05) is 12.3 Å². The molecule has 1 unspecified atom stereocenters. The Balaban J connectivity index is 1.60. The Hall–Kier alpha value is -1.70. The highest BCUT2D eigenvalue weighted by molar-refractivity contribution is 7.91. The van der Waals surface area contributed by atoms with Gasteiger partial charge in [0.25, 0.3) is 0 Å². The number of hydrogen-bond donors (Lipinski definition) is 2. The molecule has 0 radical (unpaired) electrons. The van der Waals surface area contributed by atoms with Gasteiger partial charge >= 0.3 is 0 Å². The van der Waals surface area contributed by atoms with E-state index in [1.165, 1.54) is 4.88 Å². The van der Waals surface area contributed by atoms with Crippen molar-refractivity contribution in [3.8, 4) is 0 Å². The van der Waals surface area contributed by atoms with E-state index in [2.05, 4.69) is 11.4 Å². The number of aliphatic hydroxyl groups is 1. The Bertz CT molecular complexity index is 897. The lowest BCUT2D eigenvalue weighted by Gasteiger charge is -2.28. The van der Waals surface area contributed by atoms with E-state index in [0.29, 0.717) is 6.54 Å². The number of benzene rings is 1. The number of hydrogen-bond acceptors (Lipinski definition) is 5. The Morgan fingerprint density at radius 1 is 1.18 bits per heavy atom. The molecule has 1 aliphatic rings. The first-order chi connectivity index (χ1) is 13.3. The van der Waals surface area contributed by atoms with Crippen LogP contribution in [0, 0.1) is 0 Å². The van der Waals surface area contributed by atoms with Crippen molar-refractivity contribution in [2.45, 2.75) is 55.4 Å². The van der Waals surface area contributed by atoms with Crippen LogP contribution in [-0.4, -0.2) is 31.7 Å². The maximum Gasteiger partial charge on any atom is 0.221 e. The van der Waals surface area contributed by atoms with E-state index in [1.807, 2.05) is 6.07 Å². The van der Waals surface area contributed by atoms with Crippen molar-refractivity contribution < 1.29 is 18.3 Å². The normalized spacial score (nSPS) is 17.4. The number of aliphatic hydroxyl groups excluding tert-OH is 1. The molecule has 0 aliphatic heterocycles. The van der Waals surface area contributed by atoms with E-state index in [4.69, 9.17) is 0 Å². The molecule has 152 valence electrons. The summed E-state index contributed by atoms with van der Waals surface area (Å²) >= 11 is 1.61. The number of thiophene rings is 1. The second-order valence-electron chi connectivity index (χ2n) is 7.52. The van der Waals surface area contributed by atoms with Crippen LogP contribution in [0.2, 0.25) is 0 Å². The van der Waals surface area contributed by atoms with E-state index in [-0.39, 0.29) is 28.4 Å². The molecule has 1 saturated carbocycles. The largest absolute Gasteiger partial charge is 0.388 e. The number of rotatable bonds is 8. The SMILES string of the molecule is CC(O)c1ccc(C2(CNC(=O)CCS(=O)(=O)c3ccccc3)CCCC2)s1. The Morgan fingerprint density at radius 3 is 2.46 bits per heavy atom. The van der Waals surface area contributed by atoms with Crippen molar-refractivity contribution in [1.82, 2.24) is 5.32 Å². The zero-order chi connectivity index (χ0) is 20.2. The van der Waals surface area contributed by atoms with Crippen LogP contribution in [0.5, 0.6) is 0 Å². The molecule has 7 heteroatoms. The highest BCUT2D eigenvalue weighted by Crippen LogP contribution is 2.44. The molecule has 1 aromatic carbocycles. The average molecular weight is 422 g/mol. The molecule has 2 aromatic rings. The predicted octanol–water partition coefficient (Wildman–Crippen LogP) is 3.59. The van der Waals surface area contributed by atoms with E-state index in [9.17, 15) is 18.3 Å². The predicted molar refractivity (Wildman–Crippen MR) is 111 cm³/mol. The van der Waals surface area contributed by atoms with Gasteiger partial charge in [0.1, 0.15) is 0 Å². The summed E-state index contributed by atoms with van der Waals surface area (Å²) in [6.07, 6.45) is 3.68. The van der Waals surface area contributed by atoms with Crippen LogP contribution >= 0.6 is 11.3 Å². The molecule has 0 saturated heterocycles. The van der Waals surface area contributed by atoms with Gasteiger partial charge in [-0.05, 0) is 44.0 Å². The molecule has 2 N–H and O–H groups in total. The van der Waals surface area contributed by atoms with Gasteiger partial charge in [0.2, 0.25) is 5.91 Å². The molecule has 1 aromatic heterocycles. The van der Waals surface area contributed by atoms with Gasteiger partial charge in [-0.1, -0.05) is 31.0 Å². The summed E-state index contributed by atoms with van der Waals surface area (Å²) in [5.41, 5.74) is -0.105. The lowest BCUT2D eigenvalue weighted by Crippen LogP contribution is -2.39. The van der Waals surface area contributed by atoms with Gasteiger partial charge in [-0.15, -0.1) is 11.3 Å². The first-order valence-corrected chi connectivity index (χ1v) is 12.1. The van der Waals surface area contributed by atoms with Gasteiger partial charge in [-0.3, -0.25) is 4.79 Å². The fraction of sp³-hybridized carbons (Fsp3) is 0.476. The fourth-order valence-corrected chi connectivity index (χ4v) is 6.20. The van der Waals surface area contributed by atoms with Crippen LogP contribution in [0.25, 0.3) is 0 Å². The van der Waals surface area contributed by atoms with Crippen LogP contribution in [0.1, 0.15) is 54.9 Å². The van der Waals surface area contributed by atoms with Crippen LogP contribution < -0.4 is 5.32 Å². The van der Waals surface area contributed by atoms with Gasteiger partial charge in [-0.2, -0.15) is 0 Å². The van der Waals surface area contributed by atoms with E-state index in [1.54, 1.807) is 48.6 Å². The molecular formula is C21H27NO4S2. The maximum atomic E-state index is 12.4. The van der Waals surface area contributed by atoms with Gasteiger partial charge in [0.15, 0.2) is 9.84 Å². The monoisotopic (exact) mass is 421 g/mol. The molecule has 1 fully saturated rings. The highest BCUT2D eigenvalue weighted by atomic mass is 32.2. The number of carbonyl (C=O) groups excluding carboxylic acids is 1. The molecular weight excluding hydrogens is 394 g/mol. The third kappa shape index (κ3) is 4.82. The van der Waals surface area contributed by atoms with Crippen LogP contribution in [0.15, 0.2) is 47.4 Å². The van der Waals surface area contributed by atoms with Crippen molar-refractivity contribution in [2.24, 2.45) is 0 Å². The summed E-state index contributed by atoms with van der Waals surface area (Å²) in [5, 5.41) is 12.8. The summed E-state index contributed by atoms with van der Waals surface area (Å²) in [5.74, 6) is -0.431. The number of nitrogens with one attached hydrogen (secondary N) is 1. The summed E-state index contributed by atoms with van der Waals surface area (Å²) in [6.45, 7) is 2.27. The van der Waals surface area contributed by atoms with Gasteiger partial charge in [-0.25, -0.2) is 8.42 Å². The van der Waals surface area contributed by atoms with Gasteiger partial charge < -0.3 is 10.4 Å². The summed E-state index contributed by atoms with van der Waals surface area (Å²) in [6, 6.07) is 12.2. The van der Waals surface area contributed by atoms with Crippen LogP contribution in [0.3, 0.4) is 0 Å². The molecule has 1 amide bonds. The minimum Gasteiger partial charge on any atom is -0.388 e. The maximum absolute atomic E-state index is 12.4. The smallest absolute Gasteiger partial charge is 0.221 e. The fourth-order valence-electron chi connectivity index (χ4n) is 3.75. The van der Waals surface area contributed by atoms with Gasteiger partial charge in [0.05, 0.1) is 16.8 Å². The first-order valence-electron chi connectivity index (χ1n) is 9.65. The average Bonchev–Trinajstić information content (AvgIpc) is 3.36. The Kier molecular flexibility index (Phi) is 6.58. The minimum absolute atomic E-state index is 0.0450. The van der Waals surface area contributed by atoms with Crippen LogP contribution in [0.4, 0.5) is 0 Å². The lowest BCUT2D eigenvalue weighted by atomic mass is 9.84. The first kappa shape index (κ1) is 21.0. The van der Waals surface area contributed by atoms with Crippen molar-refractivity contribution in [3.05, 3.63) is 52.2 Å². The number of sulfone groups is 1. The second kappa shape index (κ2) is 8.76. The lowest BCUT2D eigenvalue weighted by molar-refractivity contribution is -0.121. The number of amides is 1. The summed E-state index contributed by atoms with van der Waals surface area (Å²) in [4.78, 5) is 14.7. The van der Waals surface area contributed by atoms with E-state index < -0.39 is 15.9 Å². The van der Waals surface area contributed by atoms with Crippen molar-refractivity contribution >= 4 is 27.1 Å². The molecule has 0 spiro atoms. The molecule has 28 heavy (non-hydrogen) atoms. The van der Waals surface area contributed by atoms with E-state index >= 15 is 0 Å². The number of carbonyl (C=O) groups is 1. The van der Waals surface area contributed by atoms with Crippen molar-refractivity contribution in [1.29, 1.82) is 0 Å². The zero-order valence-electron chi connectivity index (χ0n) is 16.1. The molecule has 3 rings (SSSR count). The molecule has 1 heterocycles. The second-order valence-corrected chi connectivity index (χ2v) is 10.7. The quantitative estimate of drug-likeness (QED) is 0.682. The topological polar surface area (TPSA) is 83.5 Å². The van der Waals surface area contributed by atoms with Crippen molar-refractivity contribution in [3.63, 3.8) is 0 Å². The Morgan fingerprint density at radius 2 is 1.86 bits per heavy atom. The molecule has 0 bridgehead atoms. The highest BCUT2D eigenvalue weighted by Gasteiger charge is 2.37. The third-order valence-electron chi connectivity index (χ3n) is 5.45. The third-order valence-corrected chi connectivity index (χ3v) is 8.68. The minimum atomic E-state index is -3.45. The standard InChI is InChI=1S/C21H27NO4S2/c1-16(23)18-9-10-19(27-18)21(12-5-6-13-21)15-22-20(24)11-14-28(25,26)17-7-3-2-4-8-17/h2-4,7-10,16,23H,5-6,11-15H2,1H3,(H,22,24). The molecule has 5 nitrogen and oxygen atoms in total.